The van der Waals surface area contributed by atoms with Gasteiger partial charge in [0.1, 0.15) is 0 Å². The zero-order valence-electron chi connectivity index (χ0n) is 30.4. The van der Waals surface area contributed by atoms with Crippen LogP contribution in [0.5, 0.6) is 0 Å². The van der Waals surface area contributed by atoms with E-state index in [-0.39, 0.29) is 0 Å². The normalized spacial score (nSPS) is 13.1. The monoisotopic (exact) mass is 711 g/mol. The molecule has 8 aromatic carbocycles. The maximum absolute atomic E-state index is 5.18. The fraction of sp³-hybridized carbons (Fsp3) is 0.0189. The zero-order valence-corrected chi connectivity index (χ0v) is 30.4. The summed E-state index contributed by atoms with van der Waals surface area (Å²) >= 11 is 0. The van der Waals surface area contributed by atoms with E-state index in [1.165, 1.54) is 66.3 Å². The van der Waals surface area contributed by atoms with Crippen LogP contribution in [0.2, 0.25) is 0 Å². The first kappa shape index (κ1) is 31.0. The van der Waals surface area contributed by atoms with Gasteiger partial charge in [0, 0.05) is 33.2 Å². The molecule has 260 valence electrons. The molecule has 0 fully saturated rings. The summed E-state index contributed by atoms with van der Waals surface area (Å²) in [6.07, 6.45) is 0. The SMILES string of the molecule is c1ccc(-c2cc(-c3ccccc3)nc(-c3cccc(-n4c5ccccc5c5c6c(ccc54)C4(c5ccccc5-c5ccccc54)c4ccccc4-6)c3)n2)cc1. The Morgan fingerprint density at radius 2 is 0.911 bits per heavy atom. The summed E-state index contributed by atoms with van der Waals surface area (Å²) in [5, 5.41) is 2.52. The fourth-order valence-electron chi connectivity index (χ4n) is 9.79. The molecule has 12 rings (SSSR count). The molecule has 0 unspecified atom stereocenters. The summed E-state index contributed by atoms with van der Waals surface area (Å²) < 4.78 is 2.43. The molecule has 0 amide bonds. The first-order chi connectivity index (χ1) is 27.8. The van der Waals surface area contributed by atoms with Gasteiger partial charge in [-0.15, -0.1) is 0 Å². The number of hydrogen-bond donors (Lipinski definition) is 0. The van der Waals surface area contributed by atoms with Crippen molar-refractivity contribution < 1.29 is 0 Å². The predicted octanol–water partition coefficient (Wildman–Crippen LogP) is 12.9. The third-order valence-electron chi connectivity index (χ3n) is 12.0. The van der Waals surface area contributed by atoms with Crippen LogP contribution in [-0.4, -0.2) is 14.5 Å². The van der Waals surface area contributed by atoms with Crippen molar-refractivity contribution in [3.63, 3.8) is 0 Å². The number of para-hydroxylation sites is 1. The van der Waals surface area contributed by atoms with Gasteiger partial charge < -0.3 is 4.57 Å². The zero-order chi connectivity index (χ0) is 36.8. The van der Waals surface area contributed by atoms with Gasteiger partial charge in [-0.05, 0) is 74.8 Å². The van der Waals surface area contributed by atoms with E-state index in [0.717, 1.165) is 33.8 Å². The minimum Gasteiger partial charge on any atom is -0.309 e. The molecule has 2 aromatic heterocycles. The molecule has 2 aliphatic carbocycles. The molecule has 3 nitrogen and oxygen atoms in total. The van der Waals surface area contributed by atoms with Crippen LogP contribution in [0, 0.1) is 0 Å². The van der Waals surface area contributed by atoms with Gasteiger partial charge in [-0.1, -0.05) is 170 Å². The molecule has 2 heterocycles. The second-order valence-electron chi connectivity index (χ2n) is 14.9. The molecule has 0 bridgehead atoms. The molecular weight excluding hydrogens is 679 g/mol. The Balaban J connectivity index is 1.11. The molecule has 0 saturated carbocycles. The number of fused-ring (bicyclic) bond motifs is 14. The van der Waals surface area contributed by atoms with E-state index in [1.54, 1.807) is 0 Å². The average Bonchev–Trinajstić information content (AvgIpc) is 3.89. The first-order valence-corrected chi connectivity index (χ1v) is 19.3. The largest absolute Gasteiger partial charge is 0.309 e. The topological polar surface area (TPSA) is 30.7 Å². The first-order valence-electron chi connectivity index (χ1n) is 19.3. The third-order valence-corrected chi connectivity index (χ3v) is 12.0. The second kappa shape index (κ2) is 11.8. The Bertz CT molecular complexity index is 3090. The standard InChI is InChI=1S/C53H33N3/c1-3-16-34(17-4-1)46-33-47(35-18-5-2-6-19-35)55-52(54-46)36-20-15-21-37(32-36)56-48-29-14-10-25-41(48)51-49(56)31-30-45-50(51)40-24-9-13-28-44(40)53(45)42-26-11-7-22-38(42)39-23-8-12-27-43(39)53/h1-33H. The van der Waals surface area contributed by atoms with E-state index in [9.17, 15) is 0 Å². The van der Waals surface area contributed by atoms with Crippen molar-refractivity contribution in [1.82, 2.24) is 14.5 Å². The minimum atomic E-state index is -0.395. The number of hydrogen-bond acceptors (Lipinski definition) is 2. The summed E-state index contributed by atoms with van der Waals surface area (Å²) in [6.45, 7) is 0. The average molecular weight is 712 g/mol. The van der Waals surface area contributed by atoms with E-state index < -0.39 is 5.41 Å². The molecule has 0 aliphatic heterocycles. The van der Waals surface area contributed by atoms with Gasteiger partial charge in [-0.3, -0.25) is 0 Å². The minimum absolute atomic E-state index is 0.395. The van der Waals surface area contributed by atoms with Crippen LogP contribution in [0.15, 0.2) is 200 Å². The van der Waals surface area contributed by atoms with Gasteiger partial charge in [0.2, 0.25) is 0 Å². The van der Waals surface area contributed by atoms with Gasteiger partial charge in [-0.2, -0.15) is 0 Å². The van der Waals surface area contributed by atoms with Crippen molar-refractivity contribution in [3.05, 3.63) is 222 Å². The summed E-state index contributed by atoms with van der Waals surface area (Å²) in [6, 6.07) is 72.3. The van der Waals surface area contributed by atoms with E-state index in [1.807, 2.05) is 12.1 Å². The van der Waals surface area contributed by atoms with Gasteiger partial charge in [0.05, 0.1) is 27.8 Å². The second-order valence-corrected chi connectivity index (χ2v) is 14.9. The highest BCUT2D eigenvalue weighted by atomic mass is 15.0. The van der Waals surface area contributed by atoms with Crippen molar-refractivity contribution in [1.29, 1.82) is 0 Å². The van der Waals surface area contributed by atoms with Crippen molar-refractivity contribution in [2.45, 2.75) is 5.41 Å². The molecule has 0 radical (unpaired) electrons. The Labute approximate surface area is 324 Å². The van der Waals surface area contributed by atoms with Gasteiger partial charge in [-0.25, -0.2) is 9.97 Å². The Hall–Kier alpha value is -7.36. The highest BCUT2D eigenvalue weighted by Gasteiger charge is 2.52. The van der Waals surface area contributed by atoms with Crippen LogP contribution < -0.4 is 0 Å². The van der Waals surface area contributed by atoms with Gasteiger partial charge in [0.25, 0.3) is 0 Å². The van der Waals surface area contributed by atoms with Crippen LogP contribution in [-0.2, 0) is 5.41 Å². The summed E-state index contributed by atoms with van der Waals surface area (Å²) in [5.74, 6) is 0.697. The summed E-state index contributed by atoms with van der Waals surface area (Å²) in [5.41, 5.74) is 18.6. The van der Waals surface area contributed by atoms with Crippen LogP contribution in [0.25, 0.3) is 83.6 Å². The lowest BCUT2D eigenvalue weighted by Crippen LogP contribution is -2.25. The maximum Gasteiger partial charge on any atom is 0.160 e. The fourth-order valence-corrected chi connectivity index (χ4v) is 9.79. The van der Waals surface area contributed by atoms with Crippen molar-refractivity contribution in [3.8, 4) is 61.8 Å². The Kier molecular flexibility index (Phi) is 6.55. The molecule has 2 aliphatic rings. The van der Waals surface area contributed by atoms with Crippen molar-refractivity contribution >= 4 is 21.8 Å². The lowest BCUT2D eigenvalue weighted by atomic mass is 9.70. The molecule has 10 aromatic rings. The molecule has 0 atom stereocenters. The van der Waals surface area contributed by atoms with Crippen molar-refractivity contribution in [2.24, 2.45) is 0 Å². The summed E-state index contributed by atoms with van der Waals surface area (Å²) in [7, 11) is 0. The lowest BCUT2D eigenvalue weighted by molar-refractivity contribution is 0.794. The number of benzene rings is 8. The highest BCUT2D eigenvalue weighted by molar-refractivity contribution is 6.19. The molecule has 56 heavy (non-hydrogen) atoms. The van der Waals surface area contributed by atoms with Gasteiger partial charge in [0.15, 0.2) is 5.82 Å². The number of rotatable bonds is 4. The predicted molar refractivity (Wildman–Crippen MR) is 229 cm³/mol. The van der Waals surface area contributed by atoms with Crippen LogP contribution in [0.4, 0.5) is 0 Å². The number of aromatic nitrogens is 3. The van der Waals surface area contributed by atoms with Crippen molar-refractivity contribution in [2.75, 3.05) is 0 Å². The molecule has 3 heteroatoms. The van der Waals surface area contributed by atoms with E-state index in [0.29, 0.717) is 5.82 Å². The summed E-state index contributed by atoms with van der Waals surface area (Å²) in [4.78, 5) is 10.4. The highest BCUT2D eigenvalue weighted by Crippen LogP contribution is 2.64. The van der Waals surface area contributed by atoms with Crippen LogP contribution in [0.3, 0.4) is 0 Å². The van der Waals surface area contributed by atoms with Gasteiger partial charge >= 0.3 is 0 Å². The lowest BCUT2D eigenvalue weighted by Gasteiger charge is -2.30. The molecular formula is C53H33N3. The van der Waals surface area contributed by atoms with Crippen LogP contribution >= 0.6 is 0 Å². The number of nitrogens with zero attached hydrogens (tertiary/aromatic N) is 3. The quantitative estimate of drug-likeness (QED) is 0.182. The van der Waals surface area contributed by atoms with E-state index >= 15 is 0 Å². The molecule has 0 N–H and O–H groups in total. The third kappa shape index (κ3) is 4.22. The maximum atomic E-state index is 5.18. The van der Waals surface area contributed by atoms with Crippen LogP contribution in [0.1, 0.15) is 22.3 Å². The smallest absolute Gasteiger partial charge is 0.160 e. The Morgan fingerprint density at radius 1 is 0.375 bits per heavy atom. The van der Waals surface area contributed by atoms with E-state index in [4.69, 9.17) is 9.97 Å². The molecule has 1 spiro atoms. The van der Waals surface area contributed by atoms with E-state index in [2.05, 4.69) is 193 Å². The molecule has 0 saturated heterocycles. The Morgan fingerprint density at radius 3 is 1.57 bits per heavy atom.